The smallest absolute Gasteiger partial charge is 0.172 e. The molecule has 0 N–H and O–H groups in total. The second-order valence-electron chi connectivity index (χ2n) is 7.18. The maximum atomic E-state index is 6.35. The normalized spacial score (nSPS) is 13.3. The Hall–Kier alpha value is -1.78. The average Bonchev–Trinajstić information content (AvgIpc) is 2.74. The van der Waals surface area contributed by atoms with E-state index >= 15 is 0 Å². The molecular formula is C24H32Cl2N2O2. The molecule has 0 heterocycles. The molecule has 0 amide bonds. The Morgan fingerprint density at radius 3 is 1.47 bits per heavy atom. The predicted molar refractivity (Wildman–Crippen MR) is 126 cm³/mol. The second kappa shape index (κ2) is 14.3. The van der Waals surface area contributed by atoms with Gasteiger partial charge in [0.1, 0.15) is 22.9 Å². The van der Waals surface area contributed by atoms with Gasteiger partial charge in [-0.3, -0.25) is 0 Å². The molecule has 30 heavy (non-hydrogen) atoms. The lowest BCUT2D eigenvalue weighted by Gasteiger charge is -2.14. The lowest BCUT2D eigenvalue weighted by molar-refractivity contribution is 0.265. The summed E-state index contributed by atoms with van der Waals surface area (Å²) in [6.45, 7) is 4.33. The first kappa shape index (κ1) is 24.5. The molecule has 4 nitrogen and oxygen atoms in total. The SMILES string of the molecule is CCCCCC(Cl)Oc1ccccc1N=Nc1ccccc1OC(Cl)CCCCC. The van der Waals surface area contributed by atoms with E-state index in [2.05, 4.69) is 24.1 Å². The van der Waals surface area contributed by atoms with Crippen LogP contribution >= 0.6 is 23.2 Å². The van der Waals surface area contributed by atoms with Crippen LogP contribution in [0.5, 0.6) is 11.5 Å². The van der Waals surface area contributed by atoms with Gasteiger partial charge in [0.05, 0.1) is 0 Å². The van der Waals surface area contributed by atoms with E-state index in [4.69, 9.17) is 32.7 Å². The zero-order chi connectivity index (χ0) is 21.6. The molecule has 164 valence electrons. The summed E-state index contributed by atoms with van der Waals surface area (Å²) in [4.78, 5) is 0. The number of halogens is 2. The number of azo groups is 1. The fourth-order valence-electron chi connectivity index (χ4n) is 2.89. The molecule has 2 aromatic carbocycles. The molecule has 0 aliphatic rings. The van der Waals surface area contributed by atoms with Gasteiger partial charge in [0.25, 0.3) is 0 Å². The Morgan fingerprint density at radius 2 is 1.07 bits per heavy atom. The quantitative estimate of drug-likeness (QED) is 0.163. The summed E-state index contributed by atoms with van der Waals surface area (Å²) in [6, 6.07) is 15.0. The summed E-state index contributed by atoms with van der Waals surface area (Å²) in [6.07, 6.45) is 8.26. The van der Waals surface area contributed by atoms with Gasteiger partial charge in [-0.15, -0.1) is 10.2 Å². The highest BCUT2D eigenvalue weighted by molar-refractivity contribution is 6.20. The van der Waals surface area contributed by atoms with E-state index < -0.39 is 0 Å². The lowest BCUT2D eigenvalue weighted by atomic mass is 10.2. The zero-order valence-corrected chi connectivity index (χ0v) is 19.4. The van der Waals surface area contributed by atoms with Crippen molar-refractivity contribution in [2.75, 3.05) is 0 Å². The van der Waals surface area contributed by atoms with Crippen LogP contribution < -0.4 is 9.47 Å². The molecule has 2 aromatic rings. The molecule has 0 aliphatic carbocycles. The van der Waals surface area contributed by atoms with Crippen LogP contribution in [0.1, 0.15) is 65.2 Å². The zero-order valence-electron chi connectivity index (χ0n) is 17.9. The third kappa shape index (κ3) is 8.93. The topological polar surface area (TPSA) is 43.2 Å². The molecule has 2 rings (SSSR count). The van der Waals surface area contributed by atoms with Crippen molar-refractivity contribution >= 4 is 34.6 Å². The number of benzene rings is 2. The van der Waals surface area contributed by atoms with Gasteiger partial charge in [0.15, 0.2) is 11.1 Å². The minimum absolute atomic E-state index is 0.386. The van der Waals surface area contributed by atoms with Crippen LogP contribution in [0.2, 0.25) is 0 Å². The van der Waals surface area contributed by atoms with Crippen molar-refractivity contribution in [3.8, 4) is 11.5 Å². The van der Waals surface area contributed by atoms with Gasteiger partial charge in [-0.25, -0.2) is 0 Å². The summed E-state index contributed by atoms with van der Waals surface area (Å²) < 4.78 is 11.8. The van der Waals surface area contributed by atoms with Gasteiger partial charge in [0, 0.05) is 0 Å². The van der Waals surface area contributed by atoms with Crippen LogP contribution in [0.25, 0.3) is 0 Å². The van der Waals surface area contributed by atoms with Crippen molar-refractivity contribution in [3.05, 3.63) is 48.5 Å². The van der Waals surface area contributed by atoms with Crippen LogP contribution in [0.3, 0.4) is 0 Å². The first-order chi connectivity index (χ1) is 14.6. The number of rotatable bonds is 14. The Labute approximate surface area is 190 Å². The highest BCUT2D eigenvalue weighted by atomic mass is 35.5. The highest BCUT2D eigenvalue weighted by Gasteiger charge is 2.11. The van der Waals surface area contributed by atoms with Crippen molar-refractivity contribution in [2.45, 2.75) is 76.3 Å². The summed E-state index contributed by atoms with van der Waals surface area (Å²) >= 11 is 12.7. The summed E-state index contributed by atoms with van der Waals surface area (Å²) in [5, 5.41) is 8.78. The standard InChI is InChI=1S/C24H32Cl2N2O2/c1-3-5-7-17-23(25)29-21-15-11-9-13-19(21)27-28-20-14-10-12-16-22(20)30-24(26)18-8-6-4-2/h9-16,23-24H,3-8,17-18H2,1-2H3. The van der Waals surface area contributed by atoms with Crippen molar-refractivity contribution in [1.82, 2.24) is 0 Å². The van der Waals surface area contributed by atoms with Gasteiger partial charge in [-0.1, -0.05) is 87.0 Å². The van der Waals surface area contributed by atoms with Gasteiger partial charge in [0.2, 0.25) is 0 Å². The van der Waals surface area contributed by atoms with Crippen LogP contribution in [-0.4, -0.2) is 11.1 Å². The molecule has 0 bridgehead atoms. The number of ether oxygens (including phenoxy) is 2. The van der Waals surface area contributed by atoms with Crippen molar-refractivity contribution < 1.29 is 9.47 Å². The molecule has 0 spiro atoms. The van der Waals surface area contributed by atoms with Crippen LogP contribution in [0, 0.1) is 0 Å². The van der Waals surface area contributed by atoms with Gasteiger partial charge in [-0.2, -0.15) is 0 Å². The maximum absolute atomic E-state index is 6.35. The molecule has 0 saturated carbocycles. The van der Waals surface area contributed by atoms with Crippen LogP contribution in [0.4, 0.5) is 11.4 Å². The number of para-hydroxylation sites is 2. The third-order valence-corrected chi connectivity index (χ3v) is 5.19. The van der Waals surface area contributed by atoms with Crippen LogP contribution in [0.15, 0.2) is 58.8 Å². The predicted octanol–water partition coefficient (Wildman–Crippen LogP) is 9.15. The molecule has 2 unspecified atom stereocenters. The van der Waals surface area contributed by atoms with Crippen molar-refractivity contribution in [1.29, 1.82) is 0 Å². The van der Waals surface area contributed by atoms with E-state index in [1.165, 1.54) is 0 Å². The molecule has 0 radical (unpaired) electrons. The summed E-state index contributed by atoms with van der Waals surface area (Å²) in [5.41, 5.74) is 0.477. The van der Waals surface area contributed by atoms with Gasteiger partial charge < -0.3 is 9.47 Å². The number of hydrogen-bond donors (Lipinski definition) is 0. The fraction of sp³-hybridized carbons (Fsp3) is 0.500. The van der Waals surface area contributed by atoms with E-state index in [0.29, 0.717) is 22.9 Å². The Kier molecular flexibility index (Phi) is 11.6. The van der Waals surface area contributed by atoms with Crippen LogP contribution in [-0.2, 0) is 0 Å². The molecular weight excluding hydrogens is 419 g/mol. The van der Waals surface area contributed by atoms with Gasteiger partial charge in [-0.05, 0) is 49.9 Å². The molecule has 0 fully saturated rings. The average molecular weight is 451 g/mol. The Bertz CT molecular complexity index is 707. The van der Waals surface area contributed by atoms with E-state index in [-0.39, 0.29) is 11.1 Å². The summed E-state index contributed by atoms with van der Waals surface area (Å²) in [7, 11) is 0. The Balaban J connectivity index is 2.05. The lowest BCUT2D eigenvalue weighted by Crippen LogP contribution is -2.08. The van der Waals surface area contributed by atoms with E-state index in [1.54, 1.807) is 0 Å². The van der Waals surface area contributed by atoms with E-state index in [9.17, 15) is 0 Å². The van der Waals surface area contributed by atoms with Gasteiger partial charge >= 0.3 is 0 Å². The first-order valence-electron chi connectivity index (χ1n) is 10.8. The number of unbranched alkanes of at least 4 members (excludes halogenated alkanes) is 4. The third-order valence-electron chi connectivity index (χ3n) is 4.57. The molecule has 6 heteroatoms. The number of hydrogen-bond acceptors (Lipinski definition) is 4. The molecule has 0 aliphatic heterocycles. The molecule has 0 saturated heterocycles. The van der Waals surface area contributed by atoms with E-state index in [1.807, 2.05) is 48.5 Å². The number of alkyl halides is 2. The first-order valence-corrected chi connectivity index (χ1v) is 11.7. The minimum Gasteiger partial charge on any atom is -0.472 e. The monoisotopic (exact) mass is 450 g/mol. The fourth-order valence-corrected chi connectivity index (χ4v) is 3.39. The molecule has 0 aromatic heterocycles. The van der Waals surface area contributed by atoms with E-state index in [0.717, 1.165) is 51.4 Å². The minimum atomic E-state index is -0.386. The summed E-state index contributed by atoms with van der Waals surface area (Å²) in [5.74, 6) is 1.23. The molecule has 2 atom stereocenters. The van der Waals surface area contributed by atoms with Crippen molar-refractivity contribution in [3.63, 3.8) is 0 Å². The number of nitrogens with zero attached hydrogens (tertiary/aromatic N) is 2. The highest BCUT2D eigenvalue weighted by Crippen LogP contribution is 2.34. The largest absolute Gasteiger partial charge is 0.472 e. The Morgan fingerprint density at radius 1 is 0.667 bits per heavy atom. The van der Waals surface area contributed by atoms with Crippen molar-refractivity contribution in [2.24, 2.45) is 10.2 Å². The second-order valence-corrected chi connectivity index (χ2v) is 8.16. The maximum Gasteiger partial charge on any atom is 0.172 e.